The first-order chi connectivity index (χ1) is 5.54. The Morgan fingerprint density at radius 1 is 1.50 bits per heavy atom. The van der Waals surface area contributed by atoms with E-state index in [0.29, 0.717) is 19.6 Å². The van der Waals surface area contributed by atoms with Gasteiger partial charge in [0, 0.05) is 0 Å². The van der Waals surface area contributed by atoms with Gasteiger partial charge in [0.25, 0.3) is 0 Å². The SMILES string of the molecule is C=C(C)COCCC(=C)C(=O)[O-]. The van der Waals surface area contributed by atoms with Crippen LogP contribution in [0.1, 0.15) is 13.3 Å². The average Bonchev–Trinajstić information content (AvgIpc) is 1.97. The van der Waals surface area contributed by atoms with Gasteiger partial charge in [-0.25, -0.2) is 0 Å². The maximum absolute atomic E-state index is 10.1. The van der Waals surface area contributed by atoms with Crippen LogP contribution in [0.4, 0.5) is 0 Å². The number of carboxylic acid groups (broad SMARTS) is 1. The zero-order chi connectivity index (χ0) is 9.56. The number of rotatable bonds is 6. The fourth-order valence-electron chi connectivity index (χ4n) is 0.544. The molecule has 12 heavy (non-hydrogen) atoms. The van der Waals surface area contributed by atoms with E-state index in [1.54, 1.807) is 0 Å². The highest BCUT2D eigenvalue weighted by atomic mass is 16.5. The average molecular weight is 169 g/mol. The third kappa shape index (κ3) is 5.68. The lowest BCUT2D eigenvalue weighted by Crippen LogP contribution is -2.24. The molecule has 0 atom stereocenters. The van der Waals surface area contributed by atoms with E-state index in [9.17, 15) is 9.90 Å². The molecule has 0 unspecified atom stereocenters. The molecule has 0 bridgehead atoms. The van der Waals surface area contributed by atoms with E-state index in [1.165, 1.54) is 0 Å². The van der Waals surface area contributed by atoms with E-state index in [2.05, 4.69) is 13.2 Å². The Morgan fingerprint density at radius 2 is 2.08 bits per heavy atom. The molecule has 0 aliphatic heterocycles. The van der Waals surface area contributed by atoms with Crippen LogP contribution in [0.15, 0.2) is 24.3 Å². The largest absolute Gasteiger partial charge is 0.545 e. The molecule has 3 heteroatoms. The zero-order valence-corrected chi connectivity index (χ0v) is 7.26. The Labute approximate surface area is 72.3 Å². The van der Waals surface area contributed by atoms with Crippen molar-refractivity contribution in [3.05, 3.63) is 24.3 Å². The topological polar surface area (TPSA) is 49.4 Å². The third-order valence-corrected chi connectivity index (χ3v) is 1.19. The number of ether oxygens (including phenoxy) is 1. The Kier molecular flexibility index (Phi) is 5.04. The molecule has 0 N–H and O–H groups in total. The molecule has 0 aliphatic carbocycles. The number of hydrogen-bond donors (Lipinski definition) is 0. The Hall–Kier alpha value is -1.09. The van der Waals surface area contributed by atoms with Crippen LogP contribution in [0.25, 0.3) is 0 Å². The summed E-state index contributed by atoms with van der Waals surface area (Å²) >= 11 is 0. The lowest BCUT2D eigenvalue weighted by atomic mass is 10.2. The van der Waals surface area contributed by atoms with Gasteiger partial charge in [-0.15, -0.1) is 0 Å². The minimum Gasteiger partial charge on any atom is -0.545 e. The smallest absolute Gasteiger partial charge is 0.0671 e. The second-order valence-corrected chi connectivity index (χ2v) is 2.65. The summed E-state index contributed by atoms with van der Waals surface area (Å²) in [5.41, 5.74) is 0.978. The van der Waals surface area contributed by atoms with E-state index < -0.39 is 5.97 Å². The van der Waals surface area contributed by atoms with Crippen molar-refractivity contribution in [1.29, 1.82) is 0 Å². The van der Waals surface area contributed by atoms with Crippen molar-refractivity contribution in [1.82, 2.24) is 0 Å². The Bertz CT molecular complexity index is 194. The van der Waals surface area contributed by atoms with Gasteiger partial charge in [0.2, 0.25) is 0 Å². The van der Waals surface area contributed by atoms with Crippen LogP contribution >= 0.6 is 0 Å². The lowest BCUT2D eigenvalue weighted by Gasteiger charge is -2.06. The number of hydrogen-bond acceptors (Lipinski definition) is 3. The van der Waals surface area contributed by atoms with Crippen LogP contribution in [-0.2, 0) is 9.53 Å². The summed E-state index contributed by atoms with van der Waals surface area (Å²) in [6, 6.07) is 0. The summed E-state index contributed by atoms with van der Waals surface area (Å²) in [5, 5.41) is 10.1. The Morgan fingerprint density at radius 3 is 2.50 bits per heavy atom. The summed E-state index contributed by atoms with van der Waals surface area (Å²) < 4.78 is 5.06. The van der Waals surface area contributed by atoms with Gasteiger partial charge in [-0.05, 0) is 18.9 Å². The highest BCUT2D eigenvalue weighted by Gasteiger charge is 1.94. The van der Waals surface area contributed by atoms with Crippen LogP contribution in [0, 0.1) is 0 Å². The molecule has 0 aromatic rings. The molecule has 0 rings (SSSR count). The van der Waals surface area contributed by atoms with Crippen molar-refractivity contribution < 1.29 is 14.6 Å². The maximum atomic E-state index is 10.1. The molecule has 68 valence electrons. The molecule has 0 radical (unpaired) electrons. The lowest BCUT2D eigenvalue weighted by molar-refractivity contribution is -0.299. The van der Waals surface area contributed by atoms with Gasteiger partial charge in [-0.1, -0.05) is 18.7 Å². The van der Waals surface area contributed by atoms with E-state index in [1.807, 2.05) is 6.92 Å². The molecule has 0 aliphatic rings. The highest BCUT2D eigenvalue weighted by Crippen LogP contribution is 1.97. The summed E-state index contributed by atoms with van der Waals surface area (Å²) in [7, 11) is 0. The van der Waals surface area contributed by atoms with Gasteiger partial charge in [0.15, 0.2) is 0 Å². The van der Waals surface area contributed by atoms with E-state index in [0.717, 1.165) is 5.57 Å². The number of carboxylic acids is 1. The maximum Gasteiger partial charge on any atom is 0.0671 e. The quantitative estimate of drug-likeness (QED) is 0.326. The van der Waals surface area contributed by atoms with Crippen molar-refractivity contribution >= 4 is 5.97 Å². The molecule has 0 spiro atoms. The summed E-state index contributed by atoms with van der Waals surface area (Å²) in [4.78, 5) is 10.1. The fourth-order valence-corrected chi connectivity index (χ4v) is 0.544. The minimum atomic E-state index is -1.21. The molecule has 0 amide bonds. The van der Waals surface area contributed by atoms with Crippen LogP contribution < -0.4 is 5.11 Å². The third-order valence-electron chi connectivity index (χ3n) is 1.19. The number of aliphatic carboxylic acids is 1. The molecule has 0 saturated heterocycles. The summed E-state index contributed by atoms with van der Waals surface area (Å²) in [6.07, 6.45) is 0.301. The molecule has 0 heterocycles. The number of carbonyl (C=O) groups is 1. The zero-order valence-electron chi connectivity index (χ0n) is 7.26. The van der Waals surface area contributed by atoms with Gasteiger partial charge in [0.1, 0.15) is 0 Å². The predicted octanol–water partition coefficient (Wildman–Crippen LogP) is 0.275. The first-order valence-corrected chi connectivity index (χ1v) is 3.65. The predicted molar refractivity (Wildman–Crippen MR) is 44.4 cm³/mol. The molecular formula is C9H13O3-. The monoisotopic (exact) mass is 169 g/mol. The number of carbonyl (C=O) groups excluding carboxylic acids is 1. The van der Waals surface area contributed by atoms with Gasteiger partial charge in [-0.3, -0.25) is 0 Å². The van der Waals surface area contributed by atoms with Crippen LogP contribution in [0.2, 0.25) is 0 Å². The van der Waals surface area contributed by atoms with Crippen LogP contribution in [-0.4, -0.2) is 19.2 Å². The van der Waals surface area contributed by atoms with Crippen molar-refractivity contribution in [2.24, 2.45) is 0 Å². The van der Waals surface area contributed by atoms with Crippen molar-refractivity contribution in [2.75, 3.05) is 13.2 Å². The van der Waals surface area contributed by atoms with E-state index in [-0.39, 0.29) is 5.57 Å². The van der Waals surface area contributed by atoms with E-state index in [4.69, 9.17) is 4.74 Å². The molecule has 3 nitrogen and oxygen atoms in total. The van der Waals surface area contributed by atoms with Crippen molar-refractivity contribution in [3.8, 4) is 0 Å². The van der Waals surface area contributed by atoms with Gasteiger partial charge >= 0.3 is 0 Å². The molecule has 0 aromatic carbocycles. The summed E-state index contributed by atoms with van der Waals surface area (Å²) in [5.74, 6) is -1.21. The molecule has 0 fully saturated rings. The minimum absolute atomic E-state index is 0.0664. The van der Waals surface area contributed by atoms with Gasteiger partial charge in [-0.2, -0.15) is 0 Å². The van der Waals surface area contributed by atoms with Gasteiger partial charge in [0.05, 0.1) is 19.2 Å². The van der Waals surface area contributed by atoms with E-state index >= 15 is 0 Å². The normalized spacial score (nSPS) is 9.42. The fraction of sp³-hybridized carbons (Fsp3) is 0.444. The second-order valence-electron chi connectivity index (χ2n) is 2.65. The molecular weight excluding hydrogens is 156 g/mol. The van der Waals surface area contributed by atoms with Crippen molar-refractivity contribution in [2.45, 2.75) is 13.3 Å². The Balaban J connectivity index is 3.38. The molecule has 0 aromatic heterocycles. The first kappa shape index (κ1) is 10.9. The van der Waals surface area contributed by atoms with Crippen molar-refractivity contribution in [3.63, 3.8) is 0 Å². The standard InChI is InChI=1S/C9H14O3/c1-7(2)6-12-5-4-8(3)9(10)11/h1,3-6H2,2H3,(H,10,11)/p-1. The first-order valence-electron chi connectivity index (χ1n) is 3.65. The highest BCUT2D eigenvalue weighted by molar-refractivity contribution is 5.83. The van der Waals surface area contributed by atoms with Gasteiger partial charge < -0.3 is 14.6 Å². The van der Waals surface area contributed by atoms with Crippen LogP contribution in [0.5, 0.6) is 0 Å². The van der Waals surface area contributed by atoms with Crippen LogP contribution in [0.3, 0.4) is 0 Å². The second kappa shape index (κ2) is 5.55. The molecule has 0 saturated carbocycles. The summed E-state index contributed by atoms with van der Waals surface area (Å²) in [6.45, 7) is 9.58.